The number of rotatable bonds is 5. The number of benzene rings is 1. The van der Waals surface area contributed by atoms with E-state index in [9.17, 15) is 26.4 Å². The molecule has 0 spiro atoms. The largest absolute Gasteiger partial charge is 0.480 e. The van der Waals surface area contributed by atoms with Crippen LogP contribution < -0.4 is 0 Å². The van der Waals surface area contributed by atoms with Crippen LogP contribution >= 0.6 is 0 Å². The molecular weight excluding hydrogens is 311 g/mol. The molecular formula is C12H14F3NO4S. The number of carboxylic acids is 1. The van der Waals surface area contributed by atoms with Gasteiger partial charge in [0.05, 0.1) is 10.5 Å². The molecule has 0 radical (unpaired) electrons. The van der Waals surface area contributed by atoms with Crippen LogP contribution in [0.3, 0.4) is 0 Å². The third-order valence-corrected chi connectivity index (χ3v) is 4.65. The SMILES string of the molecule is CC(C)N(CC(=O)O)S(=O)(=O)c1cccc(C(F)(F)F)c1. The highest BCUT2D eigenvalue weighted by Crippen LogP contribution is 2.31. The molecule has 0 amide bonds. The first-order chi connectivity index (χ1) is 9.46. The monoisotopic (exact) mass is 325 g/mol. The van der Waals surface area contributed by atoms with Crippen molar-refractivity contribution in [3.8, 4) is 0 Å². The van der Waals surface area contributed by atoms with Gasteiger partial charge in [-0.25, -0.2) is 8.42 Å². The van der Waals surface area contributed by atoms with Crippen LogP contribution in [0.2, 0.25) is 0 Å². The molecule has 0 saturated heterocycles. The van der Waals surface area contributed by atoms with Gasteiger partial charge in [-0.05, 0) is 32.0 Å². The molecule has 0 fully saturated rings. The van der Waals surface area contributed by atoms with E-state index < -0.39 is 45.2 Å². The first-order valence-corrected chi connectivity index (χ1v) is 7.31. The van der Waals surface area contributed by atoms with Crippen LogP contribution in [0.5, 0.6) is 0 Å². The van der Waals surface area contributed by atoms with Crippen LogP contribution in [0.25, 0.3) is 0 Å². The zero-order chi connectivity index (χ0) is 16.4. The third-order valence-electron chi connectivity index (χ3n) is 2.64. The highest BCUT2D eigenvalue weighted by atomic mass is 32.2. The Bertz CT molecular complexity index is 626. The summed E-state index contributed by atoms with van der Waals surface area (Å²) < 4.78 is 63.1. The van der Waals surface area contributed by atoms with Gasteiger partial charge in [-0.3, -0.25) is 4.79 Å². The number of hydrogen-bond donors (Lipinski definition) is 1. The summed E-state index contributed by atoms with van der Waals surface area (Å²) in [7, 11) is -4.33. The Hall–Kier alpha value is -1.61. The summed E-state index contributed by atoms with van der Waals surface area (Å²) in [6, 6.07) is 2.50. The van der Waals surface area contributed by atoms with Gasteiger partial charge in [-0.2, -0.15) is 17.5 Å². The average Bonchev–Trinajstić information content (AvgIpc) is 2.34. The number of alkyl halides is 3. The summed E-state index contributed by atoms with van der Waals surface area (Å²) in [6.45, 7) is 2.05. The molecule has 5 nitrogen and oxygen atoms in total. The van der Waals surface area contributed by atoms with Crippen molar-refractivity contribution in [2.24, 2.45) is 0 Å². The fraction of sp³-hybridized carbons (Fsp3) is 0.417. The minimum absolute atomic E-state index is 0.493. The molecule has 0 saturated carbocycles. The molecule has 0 heterocycles. The fourth-order valence-corrected chi connectivity index (χ4v) is 3.28. The van der Waals surface area contributed by atoms with Crippen molar-refractivity contribution >= 4 is 16.0 Å². The molecule has 0 aliphatic heterocycles. The maximum absolute atomic E-state index is 12.6. The van der Waals surface area contributed by atoms with E-state index in [0.29, 0.717) is 10.4 Å². The first-order valence-electron chi connectivity index (χ1n) is 5.87. The number of sulfonamides is 1. The second kappa shape index (κ2) is 6.02. The normalized spacial score (nSPS) is 12.9. The van der Waals surface area contributed by atoms with Gasteiger partial charge in [0.2, 0.25) is 10.0 Å². The molecule has 1 rings (SSSR count). The van der Waals surface area contributed by atoms with Crippen LogP contribution in [0, 0.1) is 0 Å². The third kappa shape index (κ3) is 4.18. The molecule has 9 heteroatoms. The number of nitrogens with zero attached hydrogens (tertiary/aromatic N) is 1. The molecule has 0 atom stereocenters. The summed E-state index contributed by atoms with van der Waals surface area (Å²) in [5, 5.41) is 8.74. The highest BCUT2D eigenvalue weighted by Gasteiger charge is 2.34. The topological polar surface area (TPSA) is 74.7 Å². The summed E-state index contributed by atoms with van der Waals surface area (Å²) in [4.78, 5) is 10.1. The Kier molecular flexibility index (Phi) is 5.00. The molecule has 0 unspecified atom stereocenters. The molecule has 1 N–H and O–H groups in total. The zero-order valence-corrected chi connectivity index (χ0v) is 12.1. The lowest BCUT2D eigenvalue weighted by Gasteiger charge is -2.24. The van der Waals surface area contributed by atoms with Crippen molar-refractivity contribution in [1.82, 2.24) is 4.31 Å². The van der Waals surface area contributed by atoms with Crippen LogP contribution in [0.15, 0.2) is 29.2 Å². The van der Waals surface area contributed by atoms with E-state index in [1.807, 2.05) is 0 Å². The van der Waals surface area contributed by atoms with E-state index in [4.69, 9.17) is 5.11 Å². The lowest BCUT2D eigenvalue weighted by Crippen LogP contribution is -2.40. The molecule has 1 aromatic carbocycles. The van der Waals surface area contributed by atoms with E-state index in [1.165, 1.54) is 13.8 Å². The van der Waals surface area contributed by atoms with E-state index in [0.717, 1.165) is 18.2 Å². The van der Waals surface area contributed by atoms with Crippen LogP contribution in [0.4, 0.5) is 13.2 Å². The minimum atomic E-state index is -4.68. The second-order valence-corrected chi connectivity index (χ2v) is 6.45. The fourth-order valence-electron chi connectivity index (χ4n) is 1.65. The van der Waals surface area contributed by atoms with E-state index in [2.05, 4.69) is 0 Å². The molecule has 0 aliphatic carbocycles. The number of carboxylic acid groups (broad SMARTS) is 1. The van der Waals surface area contributed by atoms with Gasteiger partial charge < -0.3 is 5.11 Å². The predicted molar refractivity (Wildman–Crippen MR) is 68.1 cm³/mol. The summed E-state index contributed by atoms with van der Waals surface area (Å²) in [5.41, 5.74) is -1.11. The number of carbonyl (C=O) groups is 1. The Morgan fingerprint density at radius 3 is 2.33 bits per heavy atom. The van der Waals surface area contributed by atoms with Crippen molar-refractivity contribution in [2.75, 3.05) is 6.54 Å². The van der Waals surface area contributed by atoms with Gasteiger partial charge in [0.25, 0.3) is 0 Å². The van der Waals surface area contributed by atoms with Gasteiger partial charge in [-0.1, -0.05) is 6.07 Å². The quantitative estimate of drug-likeness (QED) is 0.900. The van der Waals surface area contributed by atoms with Gasteiger partial charge in [-0.15, -0.1) is 0 Å². The van der Waals surface area contributed by atoms with Crippen molar-refractivity contribution < 1.29 is 31.5 Å². The zero-order valence-electron chi connectivity index (χ0n) is 11.3. The van der Waals surface area contributed by atoms with Crippen LogP contribution in [-0.2, 0) is 21.0 Å². The molecule has 0 aromatic heterocycles. The predicted octanol–water partition coefficient (Wildman–Crippen LogP) is 2.19. The Labute approximate surface area is 120 Å². The van der Waals surface area contributed by atoms with Crippen molar-refractivity contribution in [3.05, 3.63) is 29.8 Å². The molecule has 0 bridgehead atoms. The van der Waals surface area contributed by atoms with Gasteiger partial charge >= 0.3 is 12.1 Å². The van der Waals surface area contributed by atoms with Crippen LogP contribution in [0.1, 0.15) is 19.4 Å². The Balaban J connectivity index is 3.32. The smallest absolute Gasteiger partial charge is 0.416 e. The summed E-state index contributed by atoms with van der Waals surface area (Å²) in [5.74, 6) is -1.39. The van der Waals surface area contributed by atoms with E-state index in [1.54, 1.807) is 0 Å². The van der Waals surface area contributed by atoms with E-state index >= 15 is 0 Å². The molecule has 21 heavy (non-hydrogen) atoms. The maximum Gasteiger partial charge on any atom is 0.416 e. The number of hydrogen-bond acceptors (Lipinski definition) is 3. The minimum Gasteiger partial charge on any atom is -0.480 e. The molecule has 118 valence electrons. The molecule has 1 aromatic rings. The van der Waals surface area contributed by atoms with Gasteiger partial charge in [0.1, 0.15) is 6.54 Å². The van der Waals surface area contributed by atoms with Crippen molar-refractivity contribution in [3.63, 3.8) is 0 Å². The number of aliphatic carboxylic acids is 1. The number of halogens is 3. The first kappa shape index (κ1) is 17.4. The van der Waals surface area contributed by atoms with Crippen molar-refractivity contribution in [1.29, 1.82) is 0 Å². The highest BCUT2D eigenvalue weighted by molar-refractivity contribution is 7.89. The maximum atomic E-state index is 12.6. The Morgan fingerprint density at radius 1 is 1.33 bits per heavy atom. The van der Waals surface area contributed by atoms with Gasteiger partial charge in [0, 0.05) is 6.04 Å². The second-order valence-electron chi connectivity index (χ2n) is 4.56. The average molecular weight is 325 g/mol. The lowest BCUT2D eigenvalue weighted by atomic mass is 10.2. The molecule has 0 aliphatic rings. The van der Waals surface area contributed by atoms with Crippen LogP contribution in [-0.4, -0.2) is 36.4 Å². The van der Waals surface area contributed by atoms with E-state index in [-0.39, 0.29) is 0 Å². The summed E-state index contributed by atoms with van der Waals surface area (Å²) in [6.07, 6.45) is -4.68. The summed E-state index contributed by atoms with van der Waals surface area (Å²) >= 11 is 0. The lowest BCUT2D eigenvalue weighted by molar-refractivity contribution is -0.138. The standard InChI is InChI=1S/C12H14F3NO4S/c1-8(2)16(7-11(17)18)21(19,20)10-5-3-4-9(6-10)12(13,14)15/h3-6,8H,7H2,1-2H3,(H,17,18). The van der Waals surface area contributed by atoms with Crippen molar-refractivity contribution in [2.45, 2.75) is 31.0 Å². The van der Waals surface area contributed by atoms with Gasteiger partial charge in [0.15, 0.2) is 0 Å². The Morgan fingerprint density at radius 2 is 1.90 bits per heavy atom.